The molecule has 0 unspecified atom stereocenters. The van der Waals surface area contributed by atoms with Crippen LogP contribution in [0.3, 0.4) is 0 Å². The zero-order chi connectivity index (χ0) is 15.4. The first kappa shape index (κ1) is 14.1. The molecule has 3 rings (SSSR count). The third-order valence-electron chi connectivity index (χ3n) is 3.40. The summed E-state index contributed by atoms with van der Waals surface area (Å²) in [7, 11) is 0. The number of carboxylic acids is 1. The molecular weight excluding hydrogens is 278 g/mol. The van der Waals surface area contributed by atoms with E-state index in [-0.39, 0.29) is 5.69 Å². The van der Waals surface area contributed by atoms with Crippen LogP contribution in [-0.4, -0.2) is 16.1 Å². The number of hydrogen-bond acceptors (Lipinski definition) is 3. The topological polar surface area (TPSA) is 63.3 Å². The van der Waals surface area contributed by atoms with Crippen molar-refractivity contribution < 1.29 is 14.3 Å². The minimum Gasteiger partial charge on any atom is -0.476 e. The van der Waals surface area contributed by atoms with Crippen molar-refractivity contribution >= 4 is 5.97 Å². The highest BCUT2D eigenvalue weighted by molar-refractivity contribution is 5.87. The highest BCUT2D eigenvalue weighted by Gasteiger charge is 2.19. The monoisotopic (exact) mass is 293 g/mol. The Morgan fingerprint density at radius 2 is 1.59 bits per heavy atom. The molecule has 4 nitrogen and oxygen atoms in total. The summed E-state index contributed by atoms with van der Waals surface area (Å²) in [5, 5.41) is 9.30. The number of aryl methyl sites for hydroxylation is 2. The van der Waals surface area contributed by atoms with Crippen molar-refractivity contribution in [3.63, 3.8) is 0 Å². The molecule has 1 N–H and O–H groups in total. The van der Waals surface area contributed by atoms with Crippen molar-refractivity contribution in [2.75, 3.05) is 0 Å². The van der Waals surface area contributed by atoms with Crippen molar-refractivity contribution in [3.8, 4) is 11.5 Å². The number of oxazole rings is 1. The smallest absolute Gasteiger partial charge is 0.358 e. The normalized spacial score (nSPS) is 10.5. The molecule has 0 radical (unpaired) electrons. The van der Waals surface area contributed by atoms with Crippen LogP contribution in [-0.2, 0) is 12.8 Å². The molecule has 0 bridgehead atoms. The van der Waals surface area contributed by atoms with Gasteiger partial charge in [-0.05, 0) is 24.1 Å². The molecule has 4 heteroatoms. The zero-order valence-electron chi connectivity index (χ0n) is 11.9. The summed E-state index contributed by atoms with van der Waals surface area (Å²) in [6.07, 6.45) is 1.22. The summed E-state index contributed by atoms with van der Waals surface area (Å²) in [5.41, 5.74) is 1.90. The van der Waals surface area contributed by atoms with E-state index in [1.165, 1.54) is 0 Å². The van der Waals surface area contributed by atoms with Gasteiger partial charge in [-0.2, -0.15) is 0 Å². The van der Waals surface area contributed by atoms with Crippen LogP contribution in [0.15, 0.2) is 65.1 Å². The van der Waals surface area contributed by atoms with Crippen LogP contribution < -0.4 is 0 Å². The number of aromatic nitrogens is 1. The van der Waals surface area contributed by atoms with Gasteiger partial charge in [-0.1, -0.05) is 48.5 Å². The van der Waals surface area contributed by atoms with Gasteiger partial charge in [0.25, 0.3) is 0 Å². The minimum atomic E-state index is -1.06. The van der Waals surface area contributed by atoms with Gasteiger partial charge in [-0.3, -0.25) is 0 Å². The van der Waals surface area contributed by atoms with Crippen LogP contribution in [0.2, 0.25) is 0 Å². The summed E-state index contributed by atoms with van der Waals surface area (Å²) in [6.45, 7) is 0. The maximum absolute atomic E-state index is 11.4. The van der Waals surface area contributed by atoms with E-state index in [0.29, 0.717) is 24.5 Å². The Balaban J connectivity index is 1.86. The number of rotatable bonds is 5. The average molecular weight is 293 g/mol. The summed E-state index contributed by atoms with van der Waals surface area (Å²) >= 11 is 0. The summed E-state index contributed by atoms with van der Waals surface area (Å²) in [4.78, 5) is 15.5. The second kappa shape index (κ2) is 6.26. The predicted octanol–water partition coefficient (Wildman–Crippen LogP) is 3.83. The van der Waals surface area contributed by atoms with Crippen molar-refractivity contribution in [1.82, 2.24) is 4.98 Å². The SMILES string of the molecule is O=C(O)c1nc(-c2ccccc2)oc1CCc1ccccc1. The Labute approximate surface area is 128 Å². The fourth-order valence-electron chi connectivity index (χ4n) is 2.30. The molecule has 0 saturated carbocycles. The van der Waals surface area contributed by atoms with E-state index in [1.54, 1.807) is 0 Å². The van der Waals surface area contributed by atoms with Gasteiger partial charge in [0.15, 0.2) is 5.69 Å². The molecule has 0 atom stereocenters. The number of carboxylic acid groups (broad SMARTS) is 1. The van der Waals surface area contributed by atoms with Crippen LogP contribution in [0.4, 0.5) is 0 Å². The molecule has 0 spiro atoms. The third-order valence-corrected chi connectivity index (χ3v) is 3.40. The van der Waals surface area contributed by atoms with E-state index in [4.69, 9.17) is 4.42 Å². The van der Waals surface area contributed by atoms with Crippen molar-refractivity contribution in [2.24, 2.45) is 0 Å². The number of benzene rings is 2. The first-order chi connectivity index (χ1) is 10.7. The van der Waals surface area contributed by atoms with Gasteiger partial charge < -0.3 is 9.52 Å². The van der Waals surface area contributed by atoms with Crippen LogP contribution in [0.25, 0.3) is 11.5 Å². The molecule has 0 aliphatic carbocycles. The molecule has 22 heavy (non-hydrogen) atoms. The van der Waals surface area contributed by atoms with Gasteiger partial charge in [0.2, 0.25) is 5.89 Å². The van der Waals surface area contributed by atoms with E-state index in [1.807, 2.05) is 60.7 Å². The van der Waals surface area contributed by atoms with Crippen molar-refractivity contribution in [2.45, 2.75) is 12.8 Å². The second-order valence-corrected chi connectivity index (χ2v) is 4.95. The van der Waals surface area contributed by atoms with E-state index >= 15 is 0 Å². The molecule has 1 aromatic heterocycles. The average Bonchev–Trinajstić information content (AvgIpc) is 2.99. The molecule has 1 heterocycles. The zero-order valence-corrected chi connectivity index (χ0v) is 11.9. The number of nitrogens with zero attached hydrogens (tertiary/aromatic N) is 1. The quantitative estimate of drug-likeness (QED) is 0.776. The highest BCUT2D eigenvalue weighted by Crippen LogP contribution is 2.23. The maximum atomic E-state index is 11.4. The molecule has 0 fully saturated rings. The Kier molecular flexibility index (Phi) is 4.01. The standard InChI is InChI=1S/C18H15NO3/c20-18(21)16-15(12-11-13-7-3-1-4-8-13)22-17(19-16)14-9-5-2-6-10-14/h1-10H,11-12H2,(H,20,21). The minimum absolute atomic E-state index is 0.00483. The summed E-state index contributed by atoms with van der Waals surface area (Å²) in [5.74, 6) is -0.301. The Morgan fingerprint density at radius 3 is 2.23 bits per heavy atom. The lowest BCUT2D eigenvalue weighted by atomic mass is 10.1. The summed E-state index contributed by atoms with van der Waals surface area (Å²) < 4.78 is 5.69. The lowest BCUT2D eigenvalue weighted by Crippen LogP contribution is -2.02. The highest BCUT2D eigenvalue weighted by atomic mass is 16.4. The lowest BCUT2D eigenvalue weighted by Gasteiger charge is -1.99. The van der Waals surface area contributed by atoms with E-state index in [2.05, 4.69) is 4.98 Å². The Morgan fingerprint density at radius 1 is 0.955 bits per heavy atom. The number of hydrogen-bond donors (Lipinski definition) is 1. The van der Waals surface area contributed by atoms with E-state index in [0.717, 1.165) is 11.1 Å². The first-order valence-corrected chi connectivity index (χ1v) is 7.06. The number of aromatic carboxylic acids is 1. The van der Waals surface area contributed by atoms with Crippen LogP contribution in [0.5, 0.6) is 0 Å². The fourth-order valence-corrected chi connectivity index (χ4v) is 2.30. The Hall–Kier alpha value is -2.88. The summed E-state index contributed by atoms with van der Waals surface area (Å²) in [6, 6.07) is 19.2. The van der Waals surface area contributed by atoms with E-state index in [9.17, 15) is 9.90 Å². The first-order valence-electron chi connectivity index (χ1n) is 7.06. The molecule has 0 saturated heterocycles. The molecule has 0 amide bonds. The van der Waals surface area contributed by atoms with Gasteiger partial charge in [0.05, 0.1) is 0 Å². The van der Waals surface area contributed by atoms with Crippen LogP contribution in [0.1, 0.15) is 21.8 Å². The molecule has 0 aliphatic rings. The largest absolute Gasteiger partial charge is 0.476 e. The third kappa shape index (κ3) is 3.06. The Bertz CT molecular complexity index is 764. The number of carbonyl (C=O) groups is 1. The molecule has 0 aliphatic heterocycles. The van der Waals surface area contributed by atoms with Gasteiger partial charge in [-0.15, -0.1) is 0 Å². The van der Waals surface area contributed by atoms with Crippen LogP contribution >= 0.6 is 0 Å². The maximum Gasteiger partial charge on any atom is 0.358 e. The van der Waals surface area contributed by atoms with Crippen LogP contribution in [0, 0.1) is 0 Å². The van der Waals surface area contributed by atoms with Gasteiger partial charge in [-0.25, -0.2) is 9.78 Å². The lowest BCUT2D eigenvalue weighted by molar-refractivity contribution is 0.0689. The van der Waals surface area contributed by atoms with Crippen molar-refractivity contribution in [1.29, 1.82) is 0 Å². The van der Waals surface area contributed by atoms with Gasteiger partial charge in [0, 0.05) is 12.0 Å². The second-order valence-electron chi connectivity index (χ2n) is 4.95. The molecular formula is C18H15NO3. The van der Waals surface area contributed by atoms with Crippen molar-refractivity contribution in [3.05, 3.63) is 77.7 Å². The van der Waals surface area contributed by atoms with Gasteiger partial charge in [0.1, 0.15) is 5.76 Å². The molecule has 3 aromatic rings. The van der Waals surface area contributed by atoms with Gasteiger partial charge >= 0.3 is 5.97 Å². The predicted molar refractivity (Wildman–Crippen MR) is 82.7 cm³/mol. The molecule has 2 aromatic carbocycles. The molecule has 110 valence electrons. The van der Waals surface area contributed by atoms with E-state index < -0.39 is 5.97 Å². The fraction of sp³-hybridized carbons (Fsp3) is 0.111.